The van der Waals surface area contributed by atoms with Crippen LogP contribution < -0.4 is 5.32 Å². The van der Waals surface area contributed by atoms with Crippen LogP contribution in [0.25, 0.3) is 0 Å². The number of allylic oxidation sites excluding steroid dienone is 2. The van der Waals surface area contributed by atoms with Crippen molar-refractivity contribution >= 4 is 11.6 Å². The minimum atomic E-state index is -0.0822. The van der Waals surface area contributed by atoms with Crippen LogP contribution in [0.4, 0.5) is 5.69 Å². The van der Waals surface area contributed by atoms with Gasteiger partial charge in [-0.05, 0) is 24.1 Å². The monoisotopic (exact) mass is 243 g/mol. The second-order valence-corrected chi connectivity index (χ2v) is 5.39. The zero-order chi connectivity index (χ0) is 13.0. The fourth-order valence-electron chi connectivity index (χ4n) is 3.13. The summed E-state index contributed by atoms with van der Waals surface area (Å²) in [5.74, 6) is 0.604. The van der Waals surface area contributed by atoms with Crippen molar-refractivity contribution in [2.24, 2.45) is 5.92 Å². The Hall–Kier alpha value is -1.77. The highest BCUT2D eigenvalue weighted by atomic mass is 16.3. The maximum atomic E-state index is 12.0. The molecular formula is C15H17NO2. The van der Waals surface area contributed by atoms with Gasteiger partial charge in [-0.15, -0.1) is 0 Å². The van der Waals surface area contributed by atoms with Crippen molar-refractivity contribution in [3.05, 3.63) is 34.9 Å². The predicted molar refractivity (Wildman–Crippen MR) is 70.9 cm³/mol. The molecule has 0 radical (unpaired) electrons. The summed E-state index contributed by atoms with van der Waals surface area (Å²) < 4.78 is 0. The van der Waals surface area contributed by atoms with Crippen LogP contribution in [0, 0.1) is 12.8 Å². The molecule has 1 aliphatic heterocycles. The molecule has 2 aliphatic rings. The number of benzene rings is 1. The largest absolute Gasteiger partial charge is 0.508 e. The third kappa shape index (κ3) is 1.33. The number of carbonyl (C=O) groups is 1. The van der Waals surface area contributed by atoms with Gasteiger partial charge in [0.1, 0.15) is 5.75 Å². The number of hydrogen-bond donors (Lipinski definition) is 2. The Morgan fingerprint density at radius 1 is 1.22 bits per heavy atom. The second-order valence-electron chi connectivity index (χ2n) is 5.39. The molecular weight excluding hydrogens is 226 g/mol. The summed E-state index contributed by atoms with van der Waals surface area (Å²) in [6, 6.07) is 1.75. The van der Waals surface area contributed by atoms with E-state index in [2.05, 4.69) is 24.4 Å². The summed E-state index contributed by atoms with van der Waals surface area (Å²) in [7, 11) is 0. The Morgan fingerprint density at radius 2 is 1.94 bits per heavy atom. The minimum absolute atomic E-state index is 0.0615. The Bertz CT molecular complexity index is 574. The highest BCUT2D eigenvalue weighted by molar-refractivity contribution is 5.98. The average molecular weight is 243 g/mol. The van der Waals surface area contributed by atoms with E-state index >= 15 is 0 Å². The number of hydrogen-bond acceptors (Lipinski definition) is 2. The molecule has 3 nitrogen and oxygen atoms in total. The van der Waals surface area contributed by atoms with E-state index in [4.69, 9.17) is 0 Å². The van der Waals surface area contributed by atoms with Crippen LogP contribution in [0.1, 0.15) is 42.4 Å². The van der Waals surface area contributed by atoms with E-state index in [9.17, 15) is 9.90 Å². The molecule has 94 valence electrons. The quantitative estimate of drug-likeness (QED) is 0.543. The first kappa shape index (κ1) is 11.3. The minimum Gasteiger partial charge on any atom is -0.508 e. The third-order valence-electron chi connectivity index (χ3n) is 4.18. The Labute approximate surface area is 107 Å². The fourth-order valence-corrected chi connectivity index (χ4v) is 3.13. The molecule has 1 aromatic rings. The number of anilines is 1. The molecule has 18 heavy (non-hydrogen) atoms. The molecule has 0 saturated heterocycles. The van der Waals surface area contributed by atoms with Gasteiger partial charge in [-0.1, -0.05) is 26.0 Å². The van der Waals surface area contributed by atoms with E-state index in [0.717, 1.165) is 22.4 Å². The maximum absolute atomic E-state index is 12.0. The van der Waals surface area contributed by atoms with Crippen molar-refractivity contribution < 1.29 is 9.90 Å². The van der Waals surface area contributed by atoms with Crippen molar-refractivity contribution in [3.63, 3.8) is 0 Å². The lowest BCUT2D eigenvalue weighted by Gasteiger charge is -2.36. The zero-order valence-electron chi connectivity index (χ0n) is 10.8. The predicted octanol–water partition coefficient (Wildman–Crippen LogP) is 3.05. The molecule has 0 fully saturated rings. The molecule has 1 heterocycles. The topological polar surface area (TPSA) is 49.3 Å². The van der Waals surface area contributed by atoms with Gasteiger partial charge in [-0.3, -0.25) is 4.79 Å². The first-order valence-electron chi connectivity index (χ1n) is 6.36. The Morgan fingerprint density at radius 3 is 2.67 bits per heavy atom. The van der Waals surface area contributed by atoms with Crippen molar-refractivity contribution in [2.75, 3.05) is 5.32 Å². The SMILES string of the molecule is Cc1cc(O)c2c3c1NC(=O)[C@H](C)[C@H]3C=C[C@H]2C. The molecule has 1 amide bonds. The molecule has 3 atom stereocenters. The van der Waals surface area contributed by atoms with Gasteiger partial charge in [0.2, 0.25) is 5.91 Å². The van der Waals surface area contributed by atoms with Gasteiger partial charge < -0.3 is 10.4 Å². The molecule has 0 bridgehead atoms. The van der Waals surface area contributed by atoms with E-state index in [1.807, 2.05) is 13.8 Å². The van der Waals surface area contributed by atoms with Crippen molar-refractivity contribution in [3.8, 4) is 5.75 Å². The van der Waals surface area contributed by atoms with Crippen LogP contribution in [-0.4, -0.2) is 11.0 Å². The number of carbonyl (C=O) groups excluding carboxylic acids is 1. The van der Waals surface area contributed by atoms with Crippen LogP contribution in [0.15, 0.2) is 18.2 Å². The number of phenols is 1. The number of phenolic OH excluding ortho intramolecular Hbond substituents is 1. The molecule has 0 spiro atoms. The summed E-state index contributed by atoms with van der Waals surface area (Å²) in [4.78, 5) is 12.0. The highest BCUT2D eigenvalue weighted by Gasteiger charge is 2.37. The zero-order valence-corrected chi connectivity index (χ0v) is 10.8. The first-order chi connectivity index (χ1) is 8.50. The van der Waals surface area contributed by atoms with Gasteiger partial charge in [0, 0.05) is 29.0 Å². The second kappa shape index (κ2) is 3.61. The van der Waals surface area contributed by atoms with Crippen LogP contribution >= 0.6 is 0 Å². The lowest BCUT2D eigenvalue weighted by molar-refractivity contribution is -0.120. The fraction of sp³-hybridized carbons (Fsp3) is 0.400. The van der Waals surface area contributed by atoms with E-state index in [-0.39, 0.29) is 23.7 Å². The highest BCUT2D eigenvalue weighted by Crippen LogP contribution is 2.49. The molecule has 0 saturated carbocycles. The summed E-state index contributed by atoms with van der Waals surface area (Å²) >= 11 is 0. The van der Waals surface area contributed by atoms with Gasteiger partial charge in [-0.25, -0.2) is 0 Å². The third-order valence-corrected chi connectivity index (χ3v) is 4.18. The first-order valence-corrected chi connectivity index (χ1v) is 6.36. The smallest absolute Gasteiger partial charge is 0.228 e. The van der Waals surface area contributed by atoms with E-state index in [1.54, 1.807) is 6.07 Å². The Balaban J connectivity index is 2.34. The van der Waals surface area contributed by atoms with Crippen LogP contribution in [0.5, 0.6) is 5.75 Å². The van der Waals surface area contributed by atoms with Crippen LogP contribution in [0.2, 0.25) is 0 Å². The molecule has 3 heteroatoms. The number of nitrogens with one attached hydrogen (secondary N) is 1. The van der Waals surface area contributed by atoms with Gasteiger partial charge in [0.15, 0.2) is 0 Å². The lowest BCUT2D eigenvalue weighted by Crippen LogP contribution is -2.33. The molecule has 0 aromatic heterocycles. The summed E-state index contributed by atoms with van der Waals surface area (Å²) in [5, 5.41) is 13.2. The Kier molecular flexibility index (Phi) is 2.27. The summed E-state index contributed by atoms with van der Waals surface area (Å²) in [5.41, 5.74) is 3.90. The lowest BCUT2D eigenvalue weighted by atomic mass is 9.73. The van der Waals surface area contributed by atoms with Crippen molar-refractivity contribution in [1.82, 2.24) is 0 Å². The standard InChI is InChI=1S/C15H17NO2/c1-7-4-5-10-9(3)15(18)16-14-8(2)6-11(17)12(7)13(10)14/h4-7,9-10,17H,1-3H3,(H,16,18)/t7-,9-,10-/m1/s1. The van der Waals surface area contributed by atoms with Crippen LogP contribution in [0.3, 0.4) is 0 Å². The van der Waals surface area contributed by atoms with Gasteiger partial charge in [-0.2, -0.15) is 0 Å². The molecule has 1 aromatic carbocycles. The van der Waals surface area contributed by atoms with Crippen molar-refractivity contribution in [2.45, 2.75) is 32.6 Å². The van der Waals surface area contributed by atoms with Crippen molar-refractivity contribution in [1.29, 1.82) is 0 Å². The molecule has 1 aliphatic carbocycles. The van der Waals surface area contributed by atoms with Gasteiger partial charge >= 0.3 is 0 Å². The summed E-state index contributed by atoms with van der Waals surface area (Å²) in [6.07, 6.45) is 4.19. The molecule has 3 rings (SSSR count). The number of amides is 1. The average Bonchev–Trinajstić information content (AvgIpc) is 2.31. The van der Waals surface area contributed by atoms with E-state index < -0.39 is 0 Å². The van der Waals surface area contributed by atoms with Gasteiger partial charge in [0.05, 0.1) is 0 Å². The van der Waals surface area contributed by atoms with Crippen LogP contribution in [-0.2, 0) is 4.79 Å². The molecule has 0 unspecified atom stereocenters. The normalized spacial score (nSPS) is 28.8. The number of aromatic hydroxyl groups is 1. The number of rotatable bonds is 0. The maximum Gasteiger partial charge on any atom is 0.228 e. The van der Waals surface area contributed by atoms with E-state index in [1.165, 1.54) is 0 Å². The molecule has 2 N–H and O–H groups in total. The summed E-state index contributed by atoms with van der Waals surface area (Å²) in [6.45, 7) is 5.93. The van der Waals surface area contributed by atoms with E-state index in [0.29, 0.717) is 5.75 Å². The number of aryl methyl sites for hydroxylation is 1. The van der Waals surface area contributed by atoms with Gasteiger partial charge in [0.25, 0.3) is 0 Å².